The van der Waals surface area contributed by atoms with Gasteiger partial charge in [0.25, 0.3) is 4.80 Å². The van der Waals surface area contributed by atoms with Crippen LogP contribution in [0.2, 0.25) is 0 Å². The molecule has 0 unspecified atom stereocenters. The first-order chi connectivity index (χ1) is 9.24. The molecule has 0 saturated heterocycles. The zero-order chi connectivity index (χ0) is 13.2. The van der Waals surface area contributed by atoms with Gasteiger partial charge in [0.05, 0.1) is 12.2 Å². The highest BCUT2D eigenvalue weighted by Crippen LogP contribution is 2.24. The Morgan fingerprint density at radius 2 is 2.16 bits per heavy atom. The van der Waals surface area contributed by atoms with E-state index >= 15 is 0 Å². The third-order valence-corrected chi connectivity index (χ3v) is 2.88. The minimum absolute atomic E-state index is 0.225. The summed E-state index contributed by atoms with van der Waals surface area (Å²) in [6, 6.07) is 4.62. The van der Waals surface area contributed by atoms with Crippen molar-refractivity contribution in [3.05, 3.63) is 46.9 Å². The molecule has 96 valence electrons. The van der Waals surface area contributed by atoms with Crippen LogP contribution in [0.4, 0.5) is 10.2 Å². The molecular weight excluding hydrogens is 315 g/mol. The average Bonchev–Trinajstić information content (AvgIpc) is 2.78. The van der Waals surface area contributed by atoms with Gasteiger partial charge in [-0.2, -0.15) is 4.98 Å². The maximum atomic E-state index is 13.4. The fourth-order valence-electron chi connectivity index (χ4n) is 1.67. The van der Waals surface area contributed by atoms with Gasteiger partial charge in [-0.25, -0.2) is 9.37 Å². The lowest BCUT2D eigenvalue weighted by Crippen LogP contribution is -2.05. The Morgan fingerprint density at radius 3 is 3.00 bits per heavy atom. The smallest absolute Gasteiger partial charge is 0.265 e. The van der Waals surface area contributed by atoms with E-state index in [1.807, 2.05) is 0 Å². The van der Waals surface area contributed by atoms with E-state index in [2.05, 4.69) is 36.2 Å². The van der Waals surface area contributed by atoms with E-state index in [1.165, 1.54) is 6.07 Å². The number of nitrogens with one attached hydrogen (secondary N) is 1. The number of aromatic nitrogens is 3. The maximum Gasteiger partial charge on any atom is 0.265 e. The molecule has 0 radical (unpaired) electrons. The van der Waals surface area contributed by atoms with Gasteiger partial charge in [0.1, 0.15) is 5.82 Å². The zero-order valence-corrected chi connectivity index (χ0v) is 11.2. The molecule has 3 rings (SSSR count). The van der Waals surface area contributed by atoms with Gasteiger partial charge in [0, 0.05) is 34.4 Å². The summed E-state index contributed by atoms with van der Waals surface area (Å²) in [5.74, 6) is 0.167. The van der Waals surface area contributed by atoms with Crippen LogP contribution < -0.4 is 5.32 Å². The lowest BCUT2D eigenvalue weighted by molar-refractivity contribution is 0.570. The second kappa shape index (κ2) is 4.93. The van der Waals surface area contributed by atoms with E-state index in [4.69, 9.17) is 4.42 Å². The first kappa shape index (κ1) is 12.0. The fourth-order valence-corrected chi connectivity index (χ4v) is 2.03. The number of hydrogen-bond donors (Lipinski definition) is 1. The summed E-state index contributed by atoms with van der Waals surface area (Å²) >= 11 is 3.16. The standard InChI is InChI=1S/C12H8BrFN4O/c13-12-18-10-9(19-12)3-5-16-11(10)17-6-8-7(14)2-1-4-15-8/h1-5H,6H2,(H,16,17). The maximum absolute atomic E-state index is 13.4. The molecule has 3 heterocycles. The number of pyridine rings is 2. The molecule has 1 N–H and O–H groups in total. The highest BCUT2D eigenvalue weighted by molar-refractivity contribution is 9.10. The average molecular weight is 323 g/mol. The van der Waals surface area contributed by atoms with Crippen molar-refractivity contribution >= 4 is 32.8 Å². The molecule has 0 saturated carbocycles. The topological polar surface area (TPSA) is 63.8 Å². The number of fused-ring (bicyclic) bond motifs is 1. The van der Waals surface area contributed by atoms with Gasteiger partial charge in [-0.1, -0.05) is 0 Å². The largest absolute Gasteiger partial charge is 0.431 e. The molecular formula is C12H8BrFN4O. The van der Waals surface area contributed by atoms with Crippen LogP contribution in [0.25, 0.3) is 11.1 Å². The molecule has 3 aromatic heterocycles. The molecule has 0 amide bonds. The summed E-state index contributed by atoms with van der Waals surface area (Å²) in [6.07, 6.45) is 3.14. The Balaban J connectivity index is 1.88. The Bertz CT molecular complexity index is 731. The predicted octanol–water partition coefficient (Wildman–Crippen LogP) is 3.13. The van der Waals surface area contributed by atoms with Crippen molar-refractivity contribution in [2.75, 3.05) is 5.32 Å². The number of nitrogens with zero attached hydrogens (tertiary/aromatic N) is 3. The van der Waals surface area contributed by atoms with E-state index in [0.29, 0.717) is 27.4 Å². The molecule has 3 aromatic rings. The summed E-state index contributed by atoms with van der Waals surface area (Å²) < 4.78 is 18.8. The second-order valence-electron chi connectivity index (χ2n) is 3.76. The minimum Gasteiger partial charge on any atom is -0.431 e. The molecule has 5 nitrogen and oxygen atoms in total. The van der Waals surface area contributed by atoms with E-state index in [0.717, 1.165) is 0 Å². The van der Waals surface area contributed by atoms with Crippen LogP contribution in [0.1, 0.15) is 5.69 Å². The molecule has 7 heteroatoms. The van der Waals surface area contributed by atoms with Crippen molar-refractivity contribution in [3.63, 3.8) is 0 Å². The molecule has 0 atom stereocenters. The molecule has 0 bridgehead atoms. The lowest BCUT2D eigenvalue weighted by atomic mass is 10.3. The first-order valence-corrected chi connectivity index (χ1v) is 6.27. The van der Waals surface area contributed by atoms with Crippen molar-refractivity contribution in [1.29, 1.82) is 0 Å². The van der Waals surface area contributed by atoms with E-state index in [-0.39, 0.29) is 12.4 Å². The van der Waals surface area contributed by atoms with Crippen LogP contribution in [-0.2, 0) is 6.54 Å². The van der Waals surface area contributed by atoms with Gasteiger partial charge < -0.3 is 9.73 Å². The van der Waals surface area contributed by atoms with Gasteiger partial charge >= 0.3 is 0 Å². The third kappa shape index (κ3) is 2.41. The summed E-state index contributed by atoms with van der Waals surface area (Å²) in [7, 11) is 0. The Morgan fingerprint density at radius 1 is 1.26 bits per heavy atom. The van der Waals surface area contributed by atoms with Crippen molar-refractivity contribution in [3.8, 4) is 0 Å². The van der Waals surface area contributed by atoms with Crippen molar-refractivity contribution in [2.45, 2.75) is 6.54 Å². The monoisotopic (exact) mass is 322 g/mol. The Kier molecular flexibility index (Phi) is 3.12. The van der Waals surface area contributed by atoms with Gasteiger partial charge in [-0.3, -0.25) is 4.98 Å². The van der Waals surface area contributed by atoms with E-state index in [9.17, 15) is 4.39 Å². The molecule has 0 aliphatic heterocycles. The predicted molar refractivity (Wildman–Crippen MR) is 71.0 cm³/mol. The molecule has 0 fully saturated rings. The van der Waals surface area contributed by atoms with Crippen molar-refractivity contribution in [1.82, 2.24) is 15.0 Å². The zero-order valence-electron chi connectivity index (χ0n) is 9.60. The van der Waals surface area contributed by atoms with E-state index < -0.39 is 0 Å². The van der Waals surface area contributed by atoms with E-state index in [1.54, 1.807) is 24.5 Å². The highest BCUT2D eigenvalue weighted by atomic mass is 79.9. The van der Waals surface area contributed by atoms with Crippen LogP contribution in [0, 0.1) is 5.82 Å². The molecule has 0 aliphatic carbocycles. The summed E-state index contributed by atoms with van der Waals surface area (Å²) in [6.45, 7) is 0.225. The van der Waals surface area contributed by atoms with Crippen LogP contribution in [-0.4, -0.2) is 15.0 Å². The number of halogens is 2. The molecule has 0 aromatic carbocycles. The van der Waals surface area contributed by atoms with Crippen molar-refractivity contribution < 1.29 is 8.81 Å². The molecule has 0 spiro atoms. The second-order valence-corrected chi connectivity index (χ2v) is 4.44. The summed E-state index contributed by atoms with van der Waals surface area (Å²) in [5, 5.41) is 3.00. The van der Waals surface area contributed by atoms with Gasteiger partial charge in [0.15, 0.2) is 16.9 Å². The minimum atomic E-state index is -0.358. The number of anilines is 1. The lowest BCUT2D eigenvalue weighted by Gasteiger charge is -2.05. The summed E-state index contributed by atoms with van der Waals surface area (Å²) in [4.78, 5) is 12.7. The Hall–Kier alpha value is -2.02. The Labute approximate surface area is 116 Å². The number of oxazole rings is 1. The molecule has 19 heavy (non-hydrogen) atoms. The van der Waals surface area contributed by atoms with Crippen LogP contribution >= 0.6 is 15.9 Å². The normalized spacial score (nSPS) is 10.8. The SMILES string of the molecule is Fc1cccnc1CNc1nccc2oc(Br)nc12. The number of hydrogen-bond acceptors (Lipinski definition) is 5. The van der Waals surface area contributed by atoms with Crippen LogP contribution in [0.3, 0.4) is 0 Å². The van der Waals surface area contributed by atoms with Crippen LogP contribution in [0.5, 0.6) is 0 Å². The molecule has 0 aliphatic rings. The summed E-state index contributed by atoms with van der Waals surface area (Å²) in [5.41, 5.74) is 1.51. The highest BCUT2D eigenvalue weighted by Gasteiger charge is 2.10. The first-order valence-electron chi connectivity index (χ1n) is 5.48. The third-order valence-electron chi connectivity index (χ3n) is 2.54. The van der Waals surface area contributed by atoms with Gasteiger partial charge in [-0.05, 0) is 12.1 Å². The fraction of sp³-hybridized carbons (Fsp3) is 0.0833. The van der Waals surface area contributed by atoms with Crippen molar-refractivity contribution in [2.24, 2.45) is 0 Å². The number of rotatable bonds is 3. The van der Waals surface area contributed by atoms with Gasteiger partial charge in [0.2, 0.25) is 0 Å². The van der Waals surface area contributed by atoms with Crippen LogP contribution in [0.15, 0.2) is 39.8 Å². The van der Waals surface area contributed by atoms with Gasteiger partial charge in [-0.15, -0.1) is 0 Å². The quantitative estimate of drug-likeness (QED) is 0.802.